The Kier molecular flexibility index (Phi) is 4.82. The van der Waals surface area contributed by atoms with E-state index in [0.717, 1.165) is 18.8 Å². The Bertz CT molecular complexity index is 2480. The molecule has 7 aromatic carbocycles. The monoisotopic (exact) mass is 546 g/mol. The molecule has 2 atom stereocenters. The van der Waals surface area contributed by atoms with Crippen molar-refractivity contribution in [3.8, 4) is 22.3 Å². The largest absolute Gasteiger partial charge is 0.0802 e. The van der Waals surface area contributed by atoms with E-state index in [9.17, 15) is 0 Å². The summed E-state index contributed by atoms with van der Waals surface area (Å²) in [6.45, 7) is 0. The zero-order chi connectivity index (χ0) is 28.1. The first kappa shape index (κ1) is 23.6. The van der Waals surface area contributed by atoms with E-state index in [2.05, 4.69) is 133 Å². The third-order valence-electron chi connectivity index (χ3n) is 10.3. The molecule has 2 unspecified atom stereocenters. The molecule has 1 saturated carbocycles. The summed E-state index contributed by atoms with van der Waals surface area (Å²) in [6, 6.07) is 41.3. The molecule has 3 aliphatic rings. The van der Waals surface area contributed by atoms with Gasteiger partial charge in [0.15, 0.2) is 0 Å². The maximum Gasteiger partial charge on any atom is -0.00232 e. The first-order chi connectivity index (χ1) is 21.3. The zero-order valence-electron chi connectivity index (χ0n) is 24.0. The molecular formula is C43H30. The van der Waals surface area contributed by atoms with Gasteiger partial charge in [-0.05, 0) is 136 Å². The van der Waals surface area contributed by atoms with Crippen molar-refractivity contribution < 1.29 is 0 Å². The van der Waals surface area contributed by atoms with Gasteiger partial charge in [0.2, 0.25) is 0 Å². The fourth-order valence-corrected chi connectivity index (χ4v) is 8.26. The van der Waals surface area contributed by atoms with Gasteiger partial charge in [0.25, 0.3) is 0 Å². The average Bonchev–Trinajstić information content (AvgIpc) is 3.87. The Morgan fingerprint density at radius 1 is 0.488 bits per heavy atom. The Hall–Kier alpha value is -4.94. The summed E-state index contributed by atoms with van der Waals surface area (Å²) in [5, 5.41) is 13.5. The molecule has 7 aromatic rings. The van der Waals surface area contributed by atoms with E-state index in [1.54, 1.807) is 5.56 Å². The quantitative estimate of drug-likeness (QED) is 0.189. The molecule has 0 nitrogen and oxygen atoms in total. The molecule has 0 radical (unpaired) electrons. The van der Waals surface area contributed by atoms with Crippen molar-refractivity contribution in [2.24, 2.45) is 5.92 Å². The third-order valence-corrected chi connectivity index (χ3v) is 10.3. The van der Waals surface area contributed by atoms with E-state index < -0.39 is 0 Å². The Balaban J connectivity index is 1.36. The van der Waals surface area contributed by atoms with Gasteiger partial charge in [0.1, 0.15) is 0 Å². The van der Waals surface area contributed by atoms with Gasteiger partial charge in [-0.2, -0.15) is 0 Å². The summed E-state index contributed by atoms with van der Waals surface area (Å²) in [6.07, 6.45) is 13.3. The highest BCUT2D eigenvalue weighted by Crippen LogP contribution is 2.54. The van der Waals surface area contributed by atoms with Crippen LogP contribution in [0, 0.1) is 5.92 Å². The van der Waals surface area contributed by atoms with Crippen LogP contribution in [0.4, 0.5) is 0 Å². The Morgan fingerprint density at radius 2 is 1.14 bits per heavy atom. The van der Waals surface area contributed by atoms with E-state index in [4.69, 9.17) is 0 Å². The number of hydrogen-bond acceptors (Lipinski definition) is 0. The maximum atomic E-state index is 2.52. The minimum absolute atomic E-state index is 0.713. The van der Waals surface area contributed by atoms with E-state index in [0.29, 0.717) is 5.92 Å². The minimum atomic E-state index is 0.713. The van der Waals surface area contributed by atoms with Crippen LogP contribution in [0.1, 0.15) is 36.3 Å². The van der Waals surface area contributed by atoms with Gasteiger partial charge in [-0.25, -0.2) is 0 Å². The lowest BCUT2D eigenvalue weighted by Gasteiger charge is -2.21. The third kappa shape index (κ3) is 3.38. The number of allylic oxidation sites excluding steroid dienone is 1. The first-order valence-electron chi connectivity index (χ1n) is 15.7. The standard InChI is InChI=1S/C43H30/c1-2-12-30-26(10-1)11-9-19-33(30)42-34-15-5-7-17-36(34)43(37-18-8-6-16-35(37)42)41-24-29-22-27-20-21-28-23-38(28)39(27)25-40(29)31-13-3-4-14-32(31)41/h1-5,7,9-22,24-25,28,38H,6,8,23H2. The summed E-state index contributed by atoms with van der Waals surface area (Å²) in [4.78, 5) is 0. The van der Waals surface area contributed by atoms with Gasteiger partial charge in [-0.3, -0.25) is 0 Å². The molecule has 0 amide bonds. The van der Waals surface area contributed by atoms with E-state index in [1.807, 2.05) is 0 Å². The van der Waals surface area contributed by atoms with Crippen LogP contribution in [-0.2, 0) is 0 Å². The molecule has 3 aliphatic carbocycles. The molecule has 0 heteroatoms. The predicted molar refractivity (Wildman–Crippen MR) is 185 cm³/mol. The number of benzene rings is 7. The lowest BCUT2D eigenvalue weighted by molar-refractivity contribution is 0.999. The Morgan fingerprint density at radius 3 is 1.93 bits per heavy atom. The zero-order valence-corrected chi connectivity index (χ0v) is 24.0. The van der Waals surface area contributed by atoms with Crippen LogP contribution < -0.4 is 10.4 Å². The van der Waals surface area contributed by atoms with Crippen LogP contribution in [-0.4, -0.2) is 0 Å². The van der Waals surface area contributed by atoms with Gasteiger partial charge < -0.3 is 0 Å². The molecule has 0 spiro atoms. The van der Waals surface area contributed by atoms with E-state index in [-0.39, 0.29) is 0 Å². The molecule has 0 aliphatic heterocycles. The second-order valence-corrected chi connectivity index (χ2v) is 12.7. The molecule has 43 heavy (non-hydrogen) atoms. The molecule has 1 fully saturated rings. The second kappa shape index (κ2) is 8.79. The van der Waals surface area contributed by atoms with Crippen molar-refractivity contribution >= 4 is 61.3 Å². The van der Waals surface area contributed by atoms with Gasteiger partial charge in [0, 0.05) is 0 Å². The van der Waals surface area contributed by atoms with Crippen molar-refractivity contribution in [3.05, 3.63) is 137 Å². The van der Waals surface area contributed by atoms with Crippen molar-refractivity contribution in [1.29, 1.82) is 0 Å². The summed E-state index contributed by atoms with van der Waals surface area (Å²) >= 11 is 0. The SMILES string of the molecule is C1=CC2CC2c2cc3c(cc21)cc(-c1c2c(c(-c4cccc5ccccc45)c4ccccc14)=CCCC=2)c1ccccc13. The number of hydrogen-bond donors (Lipinski definition) is 0. The fraction of sp³-hybridized carbons (Fsp3) is 0.116. The van der Waals surface area contributed by atoms with Gasteiger partial charge in [-0.1, -0.05) is 115 Å². The van der Waals surface area contributed by atoms with Crippen molar-refractivity contribution in [2.75, 3.05) is 0 Å². The van der Waals surface area contributed by atoms with Crippen LogP contribution in [0.15, 0.2) is 115 Å². The summed E-state index contributed by atoms with van der Waals surface area (Å²) in [5.74, 6) is 1.46. The fourth-order valence-electron chi connectivity index (χ4n) is 8.26. The first-order valence-corrected chi connectivity index (χ1v) is 15.7. The topological polar surface area (TPSA) is 0 Å². The average molecular weight is 547 g/mol. The van der Waals surface area contributed by atoms with Gasteiger partial charge in [-0.15, -0.1) is 0 Å². The highest BCUT2D eigenvalue weighted by molar-refractivity contribution is 6.18. The van der Waals surface area contributed by atoms with E-state index >= 15 is 0 Å². The van der Waals surface area contributed by atoms with Crippen molar-refractivity contribution in [3.63, 3.8) is 0 Å². The van der Waals surface area contributed by atoms with Gasteiger partial charge >= 0.3 is 0 Å². The molecule has 0 aromatic heterocycles. The maximum absolute atomic E-state index is 2.52. The highest BCUT2D eigenvalue weighted by atomic mass is 14.4. The normalized spacial score (nSPS) is 18.2. The van der Waals surface area contributed by atoms with Crippen LogP contribution in [0.5, 0.6) is 0 Å². The van der Waals surface area contributed by atoms with E-state index in [1.165, 1.54) is 87.8 Å². The van der Waals surface area contributed by atoms with Crippen LogP contribution in [0.3, 0.4) is 0 Å². The number of fused-ring (bicyclic) bond motifs is 9. The number of rotatable bonds is 2. The summed E-state index contributed by atoms with van der Waals surface area (Å²) in [5.41, 5.74) is 8.36. The lowest BCUT2D eigenvalue weighted by atomic mass is 9.82. The second-order valence-electron chi connectivity index (χ2n) is 12.7. The van der Waals surface area contributed by atoms with Crippen LogP contribution in [0.2, 0.25) is 0 Å². The molecular weight excluding hydrogens is 516 g/mol. The minimum Gasteiger partial charge on any atom is -0.0802 e. The molecule has 0 bridgehead atoms. The molecule has 10 rings (SSSR count). The highest BCUT2D eigenvalue weighted by Gasteiger charge is 2.39. The lowest BCUT2D eigenvalue weighted by Crippen LogP contribution is -2.31. The molecule has 0 N–H and O–H groups in total. The molecule has 202 valence electrons. The summed E-state index contributed by atoms with van der Waals surface area (Å²) in [7, 11) is 0. The molecule has 0 heterocycles. The van der Waals surface area contributed by atoms with Gasteiger partial charge in [0.05, 0.1) is 0 Å². The van der Waals surface area contributed by atoms with Crippen LogP contribution >= 0.6 is 0 Å². The van der Waals surface area contributed by atoms with Crippen LogP contribution in [0.25, 0.3) is 83.6 Å². The van der Waals surface area contributed by atoms with Crippen molar-refractivity contribution in [1.82, 2.24) is 0 Å². The summed E-state index contributed by atoms with van der Waals surface area (Å²) < 4.78 is 0. The smallest absolute Gasteiger partial charge is 0.00232 e. The van der Waals surface area contributed by atoms with Crippen molar-refractivity contribution in [2.45, 2.75) is 25.2 Å². The predicted octanol–water partition coefficient (Wildman–Crippen LogP) is 10.1. The Labute approximate surface area is 250 Å². The molecule has 0 saturated heterocycles.